The number of hydrogen-bond acceptors (Lipinski definition) is 5. The number of rotatable bonds is 11. The highest BCUT2D eigenvalue weighted by molar-refractivity contribution is 6.33. The highest BCUT2D eigenvalue weighted by atomic mass is 35.5. The van der Waals surface area contributed by atoms with Crippen LogP contribution in [0.1, 0.15) is 64.7 Å². The van der Waals surface area contributed by atoms with E-state index in [1.165, 1.54) is 4.90 Å². The van der Waals surface area contributed by atoms with E-state index in [4.69, 9.17) is 16.7 Å². The monoisotopic (exact) mass is 495 g/mol. The highest BCUT2D eigenvalue weighted by Gasteiger charge is 2.41. The molecule has 1 aromatic carbocycles. The fourth-order valence-electron chi connectivity index (χ4n) is 3.53. The van der Waals surface area contributed by atoms with Crippen molar-refractivity contribution in [3.05, 3.63) is 34.9 Å². The van der Waals surface area contributed by atoms with E-state index in [1.54, 1.807) is 65.8 Å². The lowest BCUT2D eigenvalue weighted by Crippen LogP contribution is -2.61. The van der Waals surface area contributed by atoms with Crippen LogP contribution in [0.5, 0.6) is 0 Å². The van der Waals surface area contributed by atoms with Crippen LogP contribution in [0.2, 0.25) is 5.02 Å². The molecule has 0 radical (unpaired) electrons. The molecule has 0 aliphatic heterocycles. The Hall–Kier alpha value is -2.94. The van der Waals surface area contributed by atoms with Gasteiger partial charge in [0.1, 0.15) is 18.4 Å². The minimum Gasteiger partial charge on any atom is -0.481 e. The van der Waals surface area contributed by atoms with Gasteiger partial charge in [0.15, 0.2) is 0 Å². The van der Waals surface area contributed by atoms with Crippen molar-refractivity contribution in [1.82, 2.24) is 15.5 Å². The molecule has 3 atom stereocenters. The number of carbonyl (C=O) groups is 5. The molecule has 34 heavy (non-hydrogen) atoms. The summed E-state index contributed by atoms with van der Waals surface area (Å²) in [6, 6.07) is 2.84. The number of nitrogens with one attached hydrogen (secondary N) is 2. The quantitative estimate of drug-likeness (QED) is 0.404. The molecule has 0 saturated heterocycles. The maximum atomic E-state index is 13.8. The van der Waals surface area contributed by atoms with Crippen LogP contribution in [0, 0.1) is 5.41 Å². The number of aliphatic carboxylic acids is 1. The molecule has 188 valence electrons. The molecule has 3 amide bonds. The summed E-state index contributed by atoms with van der Waals surface area (Å²) in [5.74, 6) is -2.89. The lowest BCUT2D eigenvalue weighted by molar-refractivity contribution is -0.147. The van der Waals surface area contributed by atoms with Gasteiger partial charge in [0, 0.05) is 6.04 Å². The lowest BCUT2D eigenvalue weighted by atomic mass is 9.84. The molecule has 0 spiro atoms. The highest BCUT2D eigenvalue weighted by Crippen LogP contribution is 2.25. The van der Waals surface area contributed by atoms with Crippen molar-refractivity contribution in [2.75, 3.05) is 0 Å². The summed E-state index contributed by atoms with van der Waals surface area (Å²) in [5.41, 5.74) is -0.500. The number of halogens is 1. The van der Waals surface area contributed by atoms with E-state index in [1.807, 2.05) is 0 Å². The van der Waals surface area contributed by atoms with Crippen LogP contribution in [-0.2, 0) is 19.2 Å². The maximum Gasteiger partial charge on any atom is 0.305 e. The molecule has 3 unspecified atom stereocenters. The third kappa shape index (κ3) is 7.83. The first kappa shape index (κ1) is 29.1. The van der Waals surface area contributed by atoms with Gasteiger partial charge >= 0.3 is 5.97 Å². The Morgan fingerprint density at radius 2 is 1.71 bits per heavy atom. The number of carboxylic acids is 1. The summed E-state index contributed by atoms with van der Waals surface area (Å²) in [6.45, 7) is 10.5. The van der Waals surface area contributed by atoms with E-state index in [9.17, 15) is 24.0 Å². The van der Waals surface area contributed by atoms with E-state index in [0.717, 1.165) is 0 Å². The zero-order valence-corrected chi connectivity index (χ0v) is 21.2. The average molecular weight is 496 g/mol. The maximum absolute atomic E-state index is 13.8. The van der Waals surface area contributed by atoms with E-state index in [-0.39, 0.29) is 17.0 Å². The van der Waals surface area contributed by atoms with Gasteiger partial charge < -0.3 is 25.4 Å². The molecule has 3 N–H and O–H groups in total. The molecule has 0 fully saturated rings. The van der Waals surface area contributed by atoms with Crippen molar-refractivity contribution in [2.45, 2.75) is 78.6 Å². The van der Waals surface area contributed by atoms with E-state index in [0.29, 0.717) is 6.29 Å². The average Bonchev–Trinajstić information content (AvgIpc) is 2.73. The second-order valence-corrected chi connectivity index (χ2v) is 9.77. The third-order valence-corrected chi connectivity index (χ3v) is 5.56. The van der Waals surface area contributed by atoms with Gasteiger partial charge in [-0.15, -0.1) is 0 Å². The van der Waals surface area contributed by atoms with Gasteiger partial charge in [0.2, 0.25) is 11.8 Å². The second kappa shape index (κ2) is 12.5. The summed E-state index contributed by atoms with van der Waals surface area (Å²) in [4.78, 5) is 63.2. The summed E-state index contributed by atoms with van der Waals surface area (Å²) >= 11 is 6.14. The van der Waals surface area contributed by atoms with Gasteiger partial charge in [-0.25, -0.2) is 0 Å². The smallest absolute Gasteiger partial charge is 0.305 e. The summed E-state index contributed by atoms with van der Waals surface area (Å²) in [5, 5.41) is 14.4. The van der Waals surface area contributed by atoms with Crippen molar-refractivity contribution in [2.24, 2.45) is 5.41 Å². The Morgan fingerprint density at radius 1 is 1.12 bits per heavy atom. The Balaban J connectivity index is 3.28. The van der Waals surface area contributed by atoms with Crippen LogP contribution < -0.4 is 10.6 Å². The molecular weight excluding hydrogens is 462 g/mol. The van der Waals surface area contributed by atoms with E-state index < -0.39 is 59.7 Å². The zero-order valence-electron chi connectivity index (χ0n) is 20.4. The number of nitrogens with zero attached hydrogens (tertiary/aromatic N) is 1. The first-order valence-electron chi connectivity index (χ1n) is 11.1. The Kier molecular flexibility index (Phi) is 10.7. The Bertz CT molecular complexity index is 912. The molecular formula is C24H34ClN3O6. The lowest BCUT2D eigenvalue weighted by Gasteiger charge is -2.40. The number of amides is 3. The van der Waals surface area contributed by atoms with Crippen LogP contribution in [0.4, 0.5) is 0 Å². The first-order chi connectivity index (χ1) is 15.7. The summed E-state index contributed by atoms with van der Waals surface area (Å²) in [6.07, 6.45) is -0.00834. The third-order valence-electron chi connectivity index (χ3n) is 5.23. The van der Waals surface area contributed by atoms with Crippen LogP contribution in [0.15, 0.2) is 24.3 Å². The molecule has 10 heteroatoms. The number of hydrogen-bond donors (Lipinski definition) is 3. The van der Waals surface area contributed by atoms with Gasteiger partial charge in [0.25, 0.3) is 5.91 Å². The molecule has 1 aromatic rings. The second-order valence-electron chi connectivity index (χ2n) is 9.36. The molecule has 0 bridgehead atoms. The van der Waals surface area contributed by atoms with Crippen LogP contribution >= 0.6 is 11.6 Å². The summed E-state index contributed by atoms with van der Waals surface area (Å²) in [7, 11) is 0. The van der Waals surface area contributed by atoms with Gasteiger partial charge in [0.05, 0.1) is 23.0 Å². The minimum absolute atomic E-state index is 0.212. The standard InChI is InChI=1S/C24H34ClN3O6/c1-7-18(22(33)26-15(13-29)12-19(30)31)28(14(2)3)23(34)20(24(4,5)6)27-21(32)16-10-8-9-11-17(16)25/h8-11,13-15,18,20H,7,12H2,1-6H3,(H,26,33)(H,27,32)(H,30,31). The normalized spacial score (nSPS) is 14.0. The molecule has 9 nitrogen and oxygen atoms in total. The van der Waals surface area contributed by atoms with Gasteiger partial charge in [-0.1, -0.05) is 51.4 Å². The predicted octanol–water partition coefficient (Wildman–Crippen LogP) is 2.66. The fraction of sp³-hybridized carbons (Fsp3) is 0.542. The molecule has 1 rings (SSSR count). The van der Waals surface area contributed by atoms with E-state index >= 15 is 0 Å². The van der Waals surface area contributed by atoms with Crippen molar-refractivity contribution in [3.63, 3.8) is 0 Å². The SMILES string of the molecule is CCC(C(=O)NC(C=O)CC(=O)O)N(C(=O)C(NC(=O)c1ccccc1Cl)C(C)(C)C)C(C)C. The van der Waals surface area contributed by atoms with Gasteiger partial charge in [-0.3, -0.25) is 19.2 Å². The molecule has 0 aliphatic rings. The molecule has 0 aliphatic carbocycles. The Morgan fingerprint density at radius 3 is 2.15 bits per heavy atom. The van der Waals surface area contributed by atoms with Crippen molar-refractivity contribution in [3.8, 4) is 0 Å². The van der Waals surface area contributed by atoms with Crippen LogP contribution in [0.25, 0.3) is 0 Å². The number of benzene rings is 1. The zero-order chi connectivity index (χ0) is 26.2. The molecule has 0 heterocycles. The Labute approximate surface area is 205 Å². The predicted molar refractivity (Wildman–Crippen MR) is 128 cm³/mol. The van der Waals surface area contributed by atoms with Crippen molar-refractivity contribution >= 4 is 41.6 Å². The van der Waals surface area contributed by atoms with Gasteiger partial charge in [-0.2, -0.15) is 0 Å². The van der Waals surface area contributed by atoms with E-state index in [2.05, 4.69) is 10.6 Å². The van der Waals surface area contributed by atoms with Crippen LogP contribution in [0.3, 0.4) is 0 Å². The topological polar surface area (TPSA) is 133 Å². The number of carboxylic acid groups (broad SMARTS) is 1. The molecule has 0 saturated carbocycles. The fourth-order valence-corrected chi connectivity index (χ4v) is 3.75. The summed E-state index contributed by atoms with van der Waals surface area (Å²) < 4.78 is 0. The van der Waals surface area contributed by atoms with Gasteiger partial charge in [-0.05, 0) is 37.8 Å². The largest absolute Gasteiger partial charge is 0.481 e. The van der Waals surface area contributed by atoms with Crippen molar-refractivity contribution < 1.29 is 29.1 Å². The van der Waals surface area contributed by atoms with Crippen LogP contribution in [-0.4, -0.2) is 64.2 Å². The molecule has 0 aromatic heterocycles. The number of aldehydes is 1. The first-order valence-corrected chi connectivity index (χ1v) is 11.5. The number of carbonyl (C=O) groups excluding carboxylic acids is 4. The van der Waals surface area contributed by atoms with Crippen molar-refractivity contribution in [1.29, 1.82) is 0 Å². The minimum atomic E-state index is -1.24.